The third-order valence-corrected chi connectivity index (χ3v) is 8.27. The molecule has 2 aromatic heterocycles. The van der Waals surface area contributed by atoms with E-state index in [4.69, 9.17) is 4.99 Å². The van der Waals surface area contributed by atoms with E-state index in [1.54, 1.807) is 6.33 Å². The third kappa shape index (κ3) is 3.35. The largest absolute Gasteiger partial charge is 0.357 e. The van der Waals surface area contributed by atoms with Gasteiger partial charge in [-0.1, -0.05) is 18.6 Å². The zero-order valence-electron chi connectivity index (χ0n) is 17.8. The highest BCUT2D eigenvalue weighted by Crippen LogP contribution is 2.43. The summed E-state index contributed by atoms with van der Waals surface area (Å²) in [5, 5.41) is 8.07. The molecule has 0 radical (unpaired) electrons. The Kier molecular flexibility index (Phi) is 4.63. The standard InChI is InChI=1S/C24H32N6/c1-2-21(3-1)28-12-8-24(9-13-28)10-14-29(15-11-24)22-6-4-19(16-25-22)20-5-7-23-27-26-18-30(23)17-20/h4-7,17-19,21H,1-3,8-16H2. The average molecular weight is 405 g/mol. The summed E-state index contributed by atoms with van der Waals surface area (Å²) in [7, 11) is 0. The van der Waals surface area contributed by atoms with Crippen molar-refractivity contribution in [3.8, 4) is 0 Å². The van der Waals surface area contributed by atoms with Crippen molar-refractivity contribution < 1.29 is 0 Å². The zero-order valence-corrected chi connectivity index (χ0v) is 17.8. The smallest absolute Gasteiger partial charge is 0.160 e. The Bertz CT molecular complexity index is 953. The number of rotatable bonds is 2. The molecule has 4 aliphatic rings. The maximum atomic E-state index is 4.97. The van der Waals surface area contributed by atoms with E-state index in [0.717, 1.165) is 18.2 Å². The lowest BCUT2D eigenvalue weighted by Gasteiger charge is -2.50. The molecule has 0 aromatic carbocycles. The molecule has 1 atom stereocenters. The van der Waals surface area contributed by atoms with E-state index >= 15 is 0 Å². The van der Waals surface area contributed by atoms with Crippen LogP contribution in [-0.4, -0.2) is 69.0 Å². The van der Waals surface area contributed by atoms with Gasteiger partial charge in [0, 0.05) is 31.2 Å². The van der Waals surface area contributed by atoms with E-state index in [2.05, 4.69) is 44.4 Å². The molecule has 3 aliphatic heterocycles. The minimum absolute atomic E-state index is 0.340. The molecule has 3 fully saturated rings. The van der Waals surface area contributed by atoms with Crippen LogP contribution in [0.5, 0.6) is 0 Å². The number of fused-ring (bicyclic) bond motifs is 1. The second-order valence-corrected chi connectivity index (χ2v) is 9.83. The predicted octanol–water partition coefficient (Wildman–Crippen LogP) is 3.51. The van der Waals surface area contributed by atoms with Gasteiger partial charge in [-0.3, -0.25) is 9.39 Å². The molecular formula is C24H32N6. The summed E-state index contributed by atoms with van der Waals surface area (Å²) in [6.45, 7) is 5.85. The first-order valence-electron chi connectivity index (χ1n) is 11.8. The topological polar surface area (TPSA) is 49.0 Å². The number of likely N-dealkylation sites (tertiary alicyclic amines) is 2. The Morgan fingerprint density at radius 3 is 2.47 bits per heavy atom. The molecule has 158 valence electrons. The lowest BCUT2D eigenvalue weighted by Crippen LogP contribution is -2.51. The van der Waals surface area contributed by atoms with Crippen molar-refractivity contribution in [2.24, 2.45) is 10.4 Å². The van der Waals surface area contributed by atoms with Crippen LogP contribution in [0.4, 0.5) is 0 Å². The second kappa shape index (κ2) is 7.49. The molecule has 5 heterocycles. The molecule has 1 spiro atoms. The van der Waals surface area contributed by atoms with Gasteiger partial charge in [0.25, 0.3) is 0 Å². The summed E-state index contributed by atoms with van der Waals surface area (Å²) in [6.07, 6.45) is 18.3. The van der Waals surface area contributed by atoms with Gasteiger partial charge in [0.2, 0.25) is 0 Å². The number of dihydropyridines is 1. The van der Waals surface area contributed by atoms with Crippen LogP contribution in [0.2, 0.25) is 0 Å². The van der Waals surface area contributed by atoms with Gasteiger partial charge in [-0.25, -0.2) is 0 Å². The van der Waals surface area contributed by atoms with Gasteiger partial charge in [-0.15, -0.1) is 10.2 Å². The molecule has 30 heavy (non-hydrogen) atoms. The van der Waals surface area contributed by atoms with Gasteiger partial charge in [0.05, 0.1) is 6.54 Å². The molecule has 1 saturated carbocycles. The number of aromatic nitrogens is 3. The zero-order chi connectivity index (χ0) is 20.0. The highest BCUT2D eigenvalue weighted by molar-refractivity contribution is 5.93. The van der Waals surface area contributed by atoms with Crippen molar-refractivity contribution in [1.29, 1.82) is 0 Å². The number of hydrogen-bond donors (Lipinski definition) is 0. The van der Waals surface area contributed by atoms with Crippen LogP contribution < -0.4 is 0 Å². The molecule has 1 aliphatic carbocycles. The van der Waals surface area contributed by atoms with Gasteiger partial charge >= 0.3 is 0 Å². The van der Waals surface area contributed by atoms with E-state index in [-0.39, 0.29) is 0 Å². The SMILES string of the molecule is C1=CC(c2ccc3nncn3c2)CN=C1N1CCC2(CC1)CCN(C1CCC1)CC2. The van der Waals surface area contributed by atoms with Crippen LogP contribution in [0.25, 0.3) is 5.65 Å². The Morgan fingerprint density at radius 1 is 0.967 bits per heavy atom. The summed E-state index contributed by atoms with van der Waals surface area (Å²) in [5.74, 6) is 1.53. The summed E-state index contributed by atoms with van der Waals surface area (Å²) in [6, 6.07) is 5.11. The number of piperidine rings is 2. The van der Waals surface area contributed by atoms with Gasteiger partial charge in [0.15, 0.2) is 5.65 Å². The Hall–Kier alpha value is -2.21. The van der Waals surface area contributed by atoms with Crippen molar-refractivity contribution in [3.05, 3.63) is 42.4 Å². The van der Waals surface area contributed by atoms with E-state index in [0.29, 0.717) is 11.3 Å². The Balaban J connectivity index is 1.05. The molecule has 2 saturated heterocycles. The molecule has 6 rings (SSSR count). The fourth-order valence-corrected chi connectivity index (χ4v) is 5.82. The van der Waals surface area contributed by atoms with E-state index in [1.807, 2.05) is 10.5 Å². The fraction of sp³-hybridized carbons (Fsp3) is 0.625. The summed E-state index contributed by atoms with van der Waals surface area (Å²) in [5.41, 5.74) is 2.77. The number of amidine groups is 1. The molecule has 0 N–H and O–H groups in total. The summed E-state index contributed by atoms with van der Waals surface area (Å²) >= 11 is 0. The molecule has 0 amide bonds. The second-order valence-electron chi connectivity index (χ2n) is 9.83. The minimum atomic E-state index is 0.340. The molecule has 2 aromatic rings. The first-order valence-corrected chi connectivity index (χ1v) is 11.8. The summed E-state index contributed by atoms with van der Waals surface area (Å²) < 4.78 is 1.99. The van der Waals surface area contributed by atoms with Gasteiger partial charge < -0.3 is 9.80 Å². The van der Waals surface area contributed by atoms with E-state index in [1.165, 1.54) is 82.5 Å². The van der Waals surface area contributed by atoms with Gasteiger partial charge in [-0.05, 0) is 74.7 Å². The molecule has 6 nitrogen and oxygen atoms in total. The van der Waals surface area contributed by atoms with Crippen LogP contribution in [0, 0.1) is 5.41 Å². The Morgan fingerprint density at radius 2 is 1.77 bits per heavy atom. The maximum absolute atomic E-state index is 4.97. The third-order valence-electron chi connectivity index (χ3n) is 8.27. The number of pyridine rings is 1. The highest BCUT2D eigenvalue weighted by atomic mass is 15.2. The van der Waals surface area contributed by atoms with Crippen molar-refractivity contribution in [1.82, 2.24) is 24.4 Å². The summed E-state index contributed by atoms with van der Waals surface area (Å²) in [4.78, 5) is 10.3. The first kappa shape index (κ1) is 18.6. The highest BCUT2D eigenvalue weighted by Gasteiger charge is 2.40. The molecule has 1 unspecified atom stereocenters. The average Bonchev–Trinajstić information content (AvgIpc) is 3.23. The van der Waals surface area contributed by atoms with Crippen molar-refractivity contribution in [3.63, 3.8) is 0 Å². The lowest BCUT2D eigenvalue weighted by molar-refractivity contribution is 0.0159. The molecule has 0 bridgehead atoms. The number of nitrogens with zero attached hydrogens (tertiary/aromatic N) is 6. The van der Waals surface area contributed by atoms with Crippen molar-refractivity contribution in [2.45, 2.75) is 56.9 Å². The van der Waals surface area contributed by atoms with Crippen LogP contribution >= 0.6 is 0 Å². The first-order chi connectivity index (χ1) is 14.8. The van der Waals surface area contributed by atoms with Gasteiger partial charge in [0.1, 0.15) is 12.2 Å². The van der Waals surface area contributed by atoms with Crippen LogP contribution in [-0.2, 0) is 0 Å². The van der Waals surface area contributed by atoms with E-state index < -0.39 is 0 Å². The number of hydrogen-bond acceptors (Lipinski definition) is 5. The molecular weight excluding hydrogens is 372 g/mol. The van der Waals surface area contributed by atoms with Crippen molar-refractivity contribution in [2.75, 3.05) is 32.7 Å². The minimum Gasteiger partial charge on any atom is -0.357 e. The van der Waals surface area contributed by atoms with Gasteiger partial charge in [-0.2, -0.15) is 0 Å². The predicted molar refractivity (Wildman–Crippen MR) is 119 cm³/mol. The van der Waals surface area contributed by atoms with Crippen LogP contribution in [0.1, 0.15) is 56.4 Å². The van der Waals surface area contributed by atoms with E-state index in [9.17, 15) is 0 Å². The normalized spacial score (nSPS) is 27.4. The lowest BCUT2D eigenvalue weighted by atomic mass is 9.70. The Labute approximate surface area is 178 Å². The maximum Gasteiger partial charge on any atom is 0.160 e. The fourth-order valence-electron chi connectivity index (χ4n) is 5.82. The number of aliphatic imine (C=N–C) groups is 1. The quantitative estimate of drug-likeness (QED) is 0.769. The monoisotopic (exact) mass is 404 g/mol. The van der Waals surface area contributed by atoms with Crippen molar-refractivity contribution >= 4 is 11.5 Å². The van der Waals surface area contributed by atoms with Crippen LogP contribution in [0.3, 0.4) is 0 Å². The van der Waals surface area contributed by atoms with Crippen LogP contribution in [0.15, 0.2) is 41.8 Å². The molecule has 6 heteroatoms.